The van der Waals surface area contributed by atoms with Crippen LogP contribution in [0.1, 0.15) is 78.6 Å². The first-order valence-corrected chi connectivity index (χ1v) is 10.8. The lowest BCUT2D eigenvalue weighted by atomic mass is 9.44. The lowest BCUT2D eigenvalue weighted by molar-refractivity contribution is -0.232. The maximum Gasteiger partial charge on any atom is 0.168 e. The fraction of sp³-hybridized carbons (Fsp3) is 1.00. The number of hydrogen-bond donors (Lipinski definition) is 1. The molecule has 7 atom stereocenters. The molecule has 0 aromatic heterocycles. The van der Waals surface area contributed by atoms with E-state index in [0.29, 0.717) is 5.41 Å². The van der Waals surface area contributed by atoms with E-state index in [-0.39, 0.29) is 11.2 Å². The lowest BCUT2D eigenvalue weighted by Gasteiger charge is -2.62. The van der Waals surface area contributed by atoms with Crippen LogP contribution in [0.2, 0.25) is 0 Å². The summed E-state index contributed by atoms with van der Waals surface area (Å²) in [5.74, 6) is 2.92. The predicted octanol–water partition coefficient (Wildman–Crippen LogP) is 4.52. The highest BCUT2D eigenvalue weighted by molar-refractivity contribution is 5.13. The van der Waals surface area contributed by atoms with Crippen LogP contribution in [0.4, 0.5) is 0 Å². The van der Waals surface area contributed by atoms with Gasteiger partial charge in [0.15, 0.2) is 5.79 Å². The van der Waals surface area contributed by atoms with Crippen LogP contribution in [0.5, 0.6) is 0 Å². The van der Waals surface area contributed by atoms with Gasteiger partial charge in [-0.2, -0.15) is 0 Å². The third kappa shape index (κ3) is 2.15. The molecule has 0 unspecified atom stereocenters. The van der Waals surface area contributed by atoms with Crippen LogP contribution >= 0.6 is 0 Å². The van der Waals surface area contributed by atoms with Crippen LogP contribution in [0.3, 0.4) is 0 Å². The van der Waals surface area contributed by atoms with Crippen LogP contribution in [0, 0.1) is 34.5 Å². The van der Waals surface area contributed by atoms with Crippen molar-refractivity contribution < 1.29 is 14.6 Å². The topological polar surface area (TPSA) is 38.7 Å². The smallest absolute Gasteiger partial charge is 0.168 e. The Morgan fingerprint density at radius 2 is 1.52 bits per heavy atom. The zero-order valence-corrected chi connectivity index (χ0v) is 16.4. The van der Waals surface area contributed by atoms with Gasteiger partial charge in [-0.3, -0.25) is 0 Å². The van der Waals surface area contributed by atoms with Crippen LogP contribution < -0.4 is 0 Å². The van der Waals surface area contributed by atoms with Crippen molar-refractivity contribution in [3.8, 4) is 0 Å². The summed E-state index contributed by atoms with van der Waals surface area (Å²) in [5, 5.41) is 11.0. The molecule has 0 aromatic rings. The monoisotopic (exact) mass is 348 g/mol. The molecule has 5 aliphatic rings. The number of hydrogen-bond acceptors (Lipinski definition) is 3. The van der Waals surface area contributed by atoms with E-state index < -0.39 is 5.60 Å². The molecule has 1 aliphatic heterocycles. The Hall–Kier alpha value is -0.120. The summed E-state index contributed by atoms with van der Waals surface area (Å²) in [6.07, 6.45) is 10.9. The Kier molecular flexibility index (Phi) is 3.56. The highest BCUT2D eigenvalue weighted by atomic mass is 16.7. The number of rotatable bonds is 0. The summed E-state index contributed by atoms with van der Waals surface area (Å²) in [4.78, 5) is 0. The van der Waals surface area contributed by atoms with Gasteiger partial charge in [-0.25, -0.2) is 0 Å². The predicted molar refractivity (Wildman–Crippen MR) is 97.0 cm³/mol. The lowest BCUT2D eigenvalue weighted by Crippen LogP contribution is -2.57. The summed E-state index contributed by atoms with van der Waals surface area (Å²) < 4.78 is 12.1. The van der Waals surface area contributed by atoms with Crippen molar-refractivity contribution >= 4 is 0 Å². The van der Waals surface area contributed by atoms with Crippen molar-refractivity contribution in [2.45, 2.75) is 89.9 Å². The molecule has 1 N–H and O–H groups in total. The second kappa shape index (κ2) is 5.23. The molecule has 1 heterocycles. The molecule has 4 aliphatic carbocycles. The highest BCUT2D eigenvalue weighted by Crippen LogP contribution is 2.69. The van der Waals surface area contributed by atoms with Crippen molar-refractivity contribution in [2.75, 3.05) is 13.2 Å². The first-order chi connectivity index (χ1) is 11.8. The number of fused-ring (bicyclic) bond motifs is 5. The first kappa shape index (κ1) is 17.0. The molecule has 3 heteroatoms. The van der Waals surface area contributed by atoms with Crippen LogP contribution in [0.15, 0.2) is 0 Å². The molecule has 4 saturated carbocycles. The van der Waals surface area contributed by atoms with Crippen molar-refractivity contribution in [1.82, 2.24) is 0 Å². The molecule has 1 spiro atoms. The molecule has 5 fully saturated rings. The number of ether oxygens (including phenoxy) is 2. The third-order valence-electron chi connectivity index (χ3n) is 10.0. The summed E-state index contributed by atoms with van der Waals surface area (Å²) in [6, 6.07) is 0. The zero-order chi connectivity index (χ0) is 17.5. The number of aliphatic hydroxyl groups is 1. The van der Waals surface area contributed by atoms with E-state index in [0.717, 1.165) is 56.1 Å². The summed E-state index contributed by atoms with van der Waals surface area (Å²) in [6.45, 7) is 8.66. The van der Waals surface area contributed by atoms with Gasteiger partial charge in [0.25, 0.3) is 0 Å². The third-order valence-corrected chi connectivity index (χ3v) is 10.0. The Morgan fingerprint density at radius 1 is 0.800 bits per heavy atom. The van der Waals surface area contributed by atoms with Gasteiger partial charge in [0.1, 0.15) is 0 Å². The molecule has 5 rings (SSSR count). The highest BCUT2D eigenvalue weighted by Gasteiger charge is 2.64. The molecular formula is C22H36O3. The van der Waals surface area contributed by atoms with E-state index >= 15 is 0 Å². The van der Waals surface area contributed by atoms with Crippen molar-refractivity contribution in [1.29, 1.82) is 0 Å². The summed E-state index contributed by atoms with van der Waals surface area (Å²) >= 11 is 0. The van der Waals surface area contributed by atoms with Gasteiger partial charge in [0.2, 0.25) is 0 Å². The van der Waals surface area contributed by atoms with Crippen molar-refractivity contribution in [3.63, 3.8) is 0 Å². The van der Waals surface area contributed by atoms with Gasteiger partial charge >= 0.3 is 0 Å². The van der Waals surface area contributed by atoms with Gasteiger partial charge < -0.3 is 14.6 Å². The molecule has 25 heavy (non-hydrogen) atoms. The maximum atomic E-state index is 11.0. The minimum absolute atomic E-state index is 0.144. The fourth-order valence-electron chi connectivity index (χ4n) is 8.20. The Morgan fingerprint density at radius 3 is 2.28 bits per heavy atom. The Labute approximate surface area is 152 Å². The minimum Gasteiger partial charge on any atom is -0.390 e. The SMILES string of the molecule is C[C@]12CCC3(C[C@H]1CC[C@@H]1[C@H]2CC[C@]2(C)[C@@H]1CC[C@@]2(C)O)OCCO3. The quantitative estimate of drug-likeness (QED) is 0.699. The van der Waals surface area contributed by atoms with Gasteiger partial charge in [0, 0.05) is 12.8 Å². The molecule has 0 radical (unpaired) electrons. The van der Waals surface area contributed by atoms with Crippen LogP contribution in [0.25, 0.3) is 0 Å². The van der Waals surface area contributed by atoms with E-state index in [2.05, 4.69) is 20.8 Å². The molecular weight excluding hydrogens is 312 g/mol. The van der Waals surface area contributed by atoms with E-state index in [1.165, 1.54) is 38.5 Å². The van der Waals surface area contributed by atoms with Crippen molar-refractivity contribution in [2.24, 2.45) is 34.5 Å². The summed E-state index contributed by atoms with van der Waals surface area (Å²) in [7, 11) is 0. The second-order valence-corrected chi connectivity index (χ2v) is 10.7. The van der Waals surface area contributed by atoms with E-state index in [4.69, 9.17) is 9.47 Å². The molecule has 0 bridgehead atoms. The van der Waals surface area contributed by atoms with Gasteiger partial charge in [-0.1, -0.05) is 13.8 Å². The molecule has 1 saturated heterocycles. The zero-order valence-electron chi connectivity index (χ0n) is 16.4. The largest absolute Gasteiger partial charge is 0.390 e. The van der Waals surface area contributed by atoms with Gasteiger partial charge in [0.05, 0.1) is 18.8 Å². The average molecular weight is 349 g/mol. The molecule has 0 aromatic carbocycles. The molecule has 142 valence electrons. The van der Waals surface area contributed by atoms with Crippen LogP contribution in [-0.2, 0) is 9.47 Å². The van der Waals surface area contributed by atoms with E-state index in [1.807, 2.05) is 0 Å². The van der Waals surface area contributed by atoms with Gasteiger partial charge in [-0.05, 0) is 86.4 Å². The van der Waals surface area contributed by atoms with E-state index in [1.54, 1.807) is 0 Å². The van der Waals surface area contributed by atoms with E-state index in [9.17, 15) is 5.11 Å². The molecule has 3 nitrogen and oxygen atoms in total. The van der Waals surface area contributed by atoms with Gasteiger partial charge in [-0.15, -0.1) is 0 Å². The van der Waals surface area contributed by atoms with Crippen LogP contribution in [-0.4, -0.2) is 29.7 Å². The summed E-state index contributed by atoms with van der Waals surface area (Å²) in [5.41, 5.74) is 0.146. The first-order valence-electron chi connectivity index (χ1n) is 10.8. The fourth-order valence-corrected chi connectivity index (χ4v) is 8.20. The standard InChI is InChI=1S/C22H36O3/c1-19-10-11-22(24-12-13-25-22)14-15(19)4-5-16-17(19)6-8-20(2)18(16)7-9-21(20,3)23/h15-18,23H,4-14H2,1-3H3/t15-,16-,17-,18-,19+,20-,21-/m1/s1. The maximum absolute atomic E-state index is 11.0. The Balaban J connectivity index is 1.41. The Bertz CT molecular complexity index is 551. The second-order valence-electron chi connectivity index (χ2n) is 10.7. The van der Waals surface area contributed by atoms with Crippen molar-refractivity contribution in [3.05, 3.63) is 0 Å². The normalized spacial score (nSPS) is 57.1. The average Bonchev–Trinajstić information content (AvgIpc) is 3.11. The minimum atomic E-state index is -0.456. The molecule has 0 amide bonds.